The van der Waals surface area contributed by atoms with Crippen molar-refractivity contribution in [2.24, 2.45) is 0 Å². The smallest absolute Gasteiger partial charge is 0.303 e. The van der Waals surface area contributed by atoms with E-state index in [1.165, 1.54) is 5.56 Å². The molecule has 18 heavy (non-hydrogen) atoms. The lowest BCUT2D eigenvalue weighted by Gasteiger charge is -1.97. The van der Waals surface area contributed by atoms with Gasteiger partial charge in [-0.1, -0.05) is 66.7 Å². The minimum absolute atomic E-state index is 0.259. The van der Waals surface area contributed by atoms with Gasteiger partial charge in [-0.15, -0.1) is 0 Å². The minimum Gasteiger partial charge on any atom is -0.481 e. The molecule has 0 saturated heterocycles. The van der Waals surface area contributed by atoms with Crippen LogP contribution in [0.25, 0.3) is 0 Å². The van der Waals surface area contributed by atoms with E-state index >= 15 is 0 Å². The number of aliphatic carboxylic acids is 1. The van der Waals surface area contributed by atoms with Crippen LogP contribution in [0.1, 0.15) is 18.4 Å². The maximum absolute atomic E-state index is 10.2. The van der Waals surface area contributed by atoms with Gasteiger partial charge < -0.3 is 5.11 Å². The van der Waals surface area contributed by atoms with Crippen molar-refractivity contribution in [1.82, 2.24) is 0 Å². The molecule has 0 aliphatic heterocycles. The molecule has 0 atom stereocenters. The second-order valence-electron chi connectivity index (χ2n) is 3.89. The fourth-order valence-corrected chi connectivity index (χ4v) is 1.47. The van der Waals surface area contributed by atoms with Crippen molar-refractivity contribution in [3.8, 4) is 0 Å². The topological polar surface area (TPSA) is 37.3 Å². The summed E-state index contributed by atoms with van der Waals surface area (Å²) in [5, 5.41) is 8.39. The molecular weight excluding hydrogens is 224 g/mol. The highest BCUT2D eigenvalue weighted by Gasteiger charge is 1.96. The zero-order valence-electron chi connectivity index (χ0n) is 10.3. The number of carbonyl (C=O) groups is 1. The van der Waals surface area contributed by atoms with Crippen LogP contribution in [-0.4, -0.2) is 11.1 Å². The van der Waals surface area contributed by atoms with Crippen LogP contribution >= 0.6 is 0 Å². The van der Waals surface area contributed by atoms with Gasteiger partial charge in [-0.3, -0.25) is 4.79 Å². The lowest BCUT2D eigenvalue weighted by molar-refractivity contribution is -0.137. The molecule has 0 aromatic heterocycles. The molecule has 0 saturated carbocycles. The van der Waals surface area contributed by atoms with E-state index in [2.05, 4.69) is 0 Å². The first kappa shape index (κ1) is 14.0. The van der Waals surface area contributed by atoms with Crippen molar-refractivity contribution in [2.75, 3.05) is 0 Å². The number of benzene rings is 2. The normalized spacial score (nSPS) is 9.11. The van der Waals surface area contributed by atoms with Crippen LogP contribution in [0.3, 0.4) is 0 Å². The first-order valence-corrected chi connectivity index (χ1v) is 6.05. The molecule has 0 amide bonds. The fourth-order valence-electron chi connectivity index (χ4n) is 1.47. The number of rotatable bonds is 4. The molecule has 2 nitrogen and oxygen atoms in total. The first-order valence-electron chi connectivity index (χ1n) is 6.05. The van der Waals surface area contributed by atoms with Crippen LogP contribution in [-0.2, 0) is 11.2 Å². The summed E-state index contributed by atoms with van der Waals surface area (Å²) >= 11 is 0. The Balaban J connectivity index is 0.000000225. The van der Waals surface area contributed by atoms with Crippen molar-refractivity contribution < 1.29 is 9.90 Å². The Morgan fingerprint density at radius 3 is 1.72 bits per heavy atom. The quantitative estimate of drug-likeness (QED) is 0.885. The molecule has 0 radical (unpaired) electrons. The maximum Gasteiger partial charge on any atom is 0.303 e. The van der Waals surface area contributed by atoms with Crippen molar-refractivity contribution >= 4 is 5.97 Å². The standard InChI is InChI=1S/C10H12O2.C6H6/c11-10(12)8-4-7-9-5-2-1-3-6-9;1-2-4-6-5-3-1/h1-3,5-6H,4,7-8H2,(H,11,12);1-6H. The monoisotopic (exact) mass is 242 g/mol. The maximum atomic E-state index is 10.2. The molecular formula is C16H18O2. The molecule has 0 aliphatic rings. The Kier molecular flexibility index (Phi) is 6.98. The van der Waals surface area contributed by atoms with E-state index in [-0.39, 0.29) is 6.42 Å². The number of aryl methyl sites for hydroxylation is 1. The molecule has 0 aliphatic carbocycles. The molecule has 2 aromatic rings. The van der Waals surface area contributed by atoms with Gasteiger partial charge in [0.05, 0.1) is 0 Å². The average Bonchev–Trinajstić information content (AvgIpc) is 2.42. The molecule has 94 valence electrons. The highest BCUT2D eigenvalue weighted by molar-refractivity contribution is 5.66. The predicted molar refractivity (Wildman–Crippen MR) is 73.5 cm³/mol. The van der Waals surface area contributed by atoms with E-state index in [9.17, 15) is 4.79 Å². The highest BCUT2D eigenvalue weighted by Crippen LogP contribution is 2.03. The number of carboxylic acids is 1. The van der Waals surface area contributed by atoms with Gasteiger partial charge in [0.1, 0.15) is 0 Å². The zero-order valence-corrected chi connectivity index (χ0v) is 10.3. The number of carboxylic acid groups (broad SMARTS) is 1. The summed E-state index contributed by atoms with van der Waals surface area (Å²) in [6, 6.07) is 21.9. The summed E-state index contributed by atoms with van der Waals surface area (Å²) in [7, 11) is 0. The molecule has 2 aromatic carbocycles. The Bertz CT molecular complexity index is 397. The predicted octanol–water partition coefficient (Wildman–Crippen LogP) is 3.78. The molecule has 0 heterocycles. The van der Waals surface area contributed by atoms with Crippen molar-refractivity contribution in [3.63, 3.8) is 0 Å². The van der Waals surface area contributed by atoms with Crippen molar-refractivity contribution in [2.45, 2.75) is 19.3 Å². The van der Waals surface area contributed by atoms with E-state index in [4.69, 9.17) is 5.11 Å². The third-order valence-corrected chi connectivity index (χ3v) is 2.37. The summed E-state index contributed by atoms with van der Waals surface area (Å²) < 4.78 is 0. The SMILES string of the molecule is O=C(O)CCCc1ccccc1.c1ccccc1. The Morgan fingerprint density at radius 2 is 1.28 bits per heavy atom. The summed E-state index contributed by atoms with van der Waals surface area (Å²) in [6.07, 6.45) is 1.83. The van der Waals surface area contributed by atoms with Gasteiger partial charge >= 0.3 is 5.97 Å². The van der Waals surface area contributed by atoms with Gasteiger partial charge in [0, 0.05) is 6.42 Å². The van der Waals surface area contributed by atoms with Crippen LogP contribution in [0.4, 0.5) is 0 Å². The van der Waals surface area contributed by atoms with Crippen molar-refractivity contribution in [1.29, 1.82) is 0 Å². The third kappa shape index (κ3) is 7.23. The second-order valence-corrected chi connectivity index (χ2v) is 3.89. The minimum atomic E-state index is -0.717. The zero-order chi connectivity index (χ0) is 13.1. The van der Waals surface area contributed by atoms with Gasteiger partial charge in [0.2, 0.25) is 0 Å². The summed E-state index contributed by atoms with van der Waals surface area (Å²) in [5.74, 6) is -0.717. The number of hydrogen-bond acceptors (Lipinski definition) is 1. The summed E-state index contributed by atoms with van der Waals surface area (Å²) in [4.78, 5) is 10.2. The van der Waals surface area contributed by atoms with E-state index < -0.39 is 5.97 Å². The van der Waals surface area contributed by atoms with E-state index in [0.29, 0.717) is 0 Å². The molecule has 0 bridgehead atoms. The molecule has 2 rings (SSSR count). The highest BCUT2D eigenvalue weighted by atomic mass is 16.4. The third-order valence-electron chi connectivity index (χ3n) is 2.37. The van der Waals surface area contributed by atoms with Gasteiger partial charge in [-0.2, -0.15) is 0 Å². The molecule has 1 N–H and O–H groups in total. The van der Waals surface area contributed by atoms with E-state index in [0.717, 1.165) is 12.8 Å². The van der Waals surface area contributed by atoms with Crippen LogP contribution in [0.5, 0.6) is 0 Å². The van der Waals surface area contributed by atoms with E-state index in [1.807, 2.05) is 66.7 Å². The van der Waals surface area contributed by atoms with Gasteiger partial charge in [-0.05, 0) is 18.4 Å². The average molecular weight is 242 g/mol. The van der Waals surface area contributed by atoms with Gasteiger partial charge in [-0.25, -0.2) is 0 Å². The van der Waals surface area contributed by atoms with Crippen molar-refractivity contribution in [3.05, 3.63) is 72.3 Å². The van der Waals surface area contributed by atoms with Crippen LogP contribution in [0, 0.1) is 0 Å². The lowest BCUT2D eigenvalue weighted by atomic mass is 10.1. The second kappa shape index (κ2) is 8.99. The van der Waals surface area contributed by atoms with Crippen LogP contribution in [0.15, 0.2) is 66.7 Å². The summed E-state index contributed by atoms with van der Waals surface area (Å²) in [6.45, 7) is 0. The van der Waals surface area contributed by atoms with Crippen LogP contribution in [0.2, 0.25) is 0 Å². The van der Waals surface area contributed by atoms with Crippen LogP contribution < -0.4 is 0 Å². The first-order chi connectivity index (χ1) is 8.79. The van der Waals surface area contributed by atoms with Gasteiger partial charge in [0.25, 0.3) is 0 Å². The Hall–Kier alpha value is -2.09. The number of hydrogen-bond donors (Lipinski definition) is 1. The molecule has 0 spiro atoms. The van der Waals surface area contributed by atoms with Gasteiger partial charge in [0.15, 0.2) is 0 Å². The fraction of sp³-hybridized carbons (Fsp3) is 0.188. The Labute approximate surface area is 108 Å². The van der Waals surface area contributed by atoms with E-state index in [1.54, 1.807) is 0 Å². The summed E-state index contributed by atoms with van der Waals surface area (Å²) in [5.41, 5.74) is 1.21. The Morgan fingerprint density at radius 1 is 0.833 bits per heavy atom. The lowest BCUT2D eigenvalue weighted by Crippen LogP contribution is -1.95. The molecule has 0 fully saturated rings. The largest absolute Gasteiger partial charge is 0.481 e. The molecule has 2 heteroatoms. The molecule has 0 unspecified atom stereocenters.